The van der Waals surface area contributed by atoms with E-state index in [1.54, 1.807) is 0 Å². The molecule has 0 aliphatic carbocycles. The lowest BCUT2D eigenvalue weighted by molar-refractivity contribution is -0.594. The average Bonchev–Trinajstić information content (AvgIpc) is 3.01. The standard InChI is InChI=1S/C9H8N2.2C2HF3O2/c1-2-4-9(5-3-1)11-7-6-10-8-11;2*3-2(4,5)1(6)7/h1-8H;2*(H,6,7). The minimum absolute atomic E-state index is 1.17. The maximum absolute atomic E-state index is 10.6. The molecular weight excluding hydrogens is 362 g/mol. The summed E-state index contributed by atoms with van der Waals surface area (Å²) < 4.78 is 65.3. The number of carbonyl (C=O) groups is 2. The highest BCUT2D eigenvalue weighted by Gasteiger charge is 2.38. The largest absolute Gasteiger partial charge is 0.542 e. The molecule has 1 aromatic carbocycles. The molecule has 25 heavy (non-hydrogen) atoms. The Balaban J connectivity index is 0.000000366. The third-order valence-electron chi connectivity index (χ3n) is 2.07. The van der Waals surface area contributed by atoms with Crippen molar-refractivity contribution in [1.29, 1.82) is 0 Å². The number of aliphatic carboxylic acids is 2. The van der Waals surface area contributed by atoms with E-state index >= 15 is 0 Å². The third-order valence-corrected chi connectivity index (χ3v) is 2.07. The van der Waals surface area contributed by atoms with Crippen molar-refractivity contribution in [3.63, 3.8) is 0 Å². The Morgan fingerprint density at radius 1 is 1.00 bits per heavy atom. The van der Waals surface area contributed by atoms with Crippen LogP contribution in [-0.2, 0) is 9.59 Å². The summed E-state index contributed by atoms with van der Waals surface area (Å²) in [5.74, 6) is -5.76. The number of aromatic nitrogens is 2. The summed E-state index contributed by atoms with van der Waals surface area (Å²) in [7, 11) is 0. The van der Waals surface area contributed by atoms with Crippen LogP contribution in [0.2, 0.25) is 0 Å². The van der Waals surface area contributed by atoms with Crippen molar-refractivity contribution in [2.45, 2.75) is 12.4 Å². The quantitative estimate of drug-likeness (QED) is 0.581. The summed E-state index contributed by atoms with van der Waals surface area (Å²) in [5, 5.41) is 15.9. The highest BCUT2D eigenvalue weighted by molar-refractivity contribution is 5.73. The number of carbonyl (C=O) groups excluding carboxylic acids is 1. The van der Waals surface area contributed by atoms with Crippen molar-refractivity contribution in [3.8, 4) is 5.69 Å². The molecule has 1 heterocycles. The Morgan fingerprint density at radius 3 is 1.72 bits per heavy atom. The van der Waals surface area contributed by atoms with E-state index in [-0.39, 0.29) is 0 Å². The Kier molecular flexibility index (Phi) is 8.16. The fraction of sp³-hybridized carbons (Fsp3) is 0.154. The summed E-state index contributed by atoms with van der Waals surface area (Å²) in [6.07, 6.45) is -4.49. The SMILES string of the molecule is O=C(O)C(F)(F)F.O=C([O-])C(F)(F)F.c1ccc(-[n+]2cc[nH]c2)cc1. The smallest absolute Gasteiger partial charge is 0.490 e. The Hall–Kier alpha value is -3.05. The van der Waals surface area contributed by atoms with Crippen LogP contribution < -0.4 is 9.67 Å². The van der Waals surface area contributed by atoms with E-state index in [1.807, 2.05) is 41.5 Å². The first-order chi connectivity index (χ1) is 11.4. The monoisotopic (exact) mass is 372 g/mol. The second kappa shape index (κ2) is 9.30. The fourth-order valence-electron chi connectivity index (χ4n) is 1.05. The molecule has 0 saturated heterocycles. The molecule has 2 N–H and O–H groups in total. The van der Waals surface area contributed by atoms with Crippen LogP contribution in [0.3, 0.4) is 0 Å². The number of rotatable bonds is 1. The van der Waals surface area contributed by atoms with Gasteiger partial charge in [0.1, 0.15) is 24.1 Å². The molecule has 1 aromatic heterocycles. The van der Waals surface area contributed by atoms with Crippen LogP contribution in [0.5, 0.6) is 0 Å². The minimum Gasteiger partial charge on any atom is -0.542 e. The Morgan fingerprint density at radius 2 is 1.44 bits per heavy atom. The Bertz CT molecular complexity index is 629. The van der Waals surface area contributed by atoms with Crippen LogP contribution in [-0.4, -0.2) is 34.4 Å². The van der Waals surface area contributed by atoms with E-state index in [1.165, 1.54) is 5.69 Å². The molecule has 0 spiro atoms. The van der Waals surface area contributed by atoms with Gasteiger partial charge in [-0.2, -0.15) is 26.3 Å². The van der Waals surface area contributed by atoms with Crippen molar-refractivity contribution in [1.82, 2.24) is 4.98 Å². The van der Waals surface area contributed by atoms with Gasteiger partial charge in [0, 0.05) is 0 Å². The van der Waals surface area contributed by atoms with Crippen LogP contribution in [0.1, 0.15) is 0 Å². The first-order valence-corrected chi connectivity index (χ1v) is 6.03. The molecule has 2 rings (SSSR count). The predicted octanol–water partition coefficient (Wildman–Crippen LogP) is 1.22. The number of H-pyrrole nitrogens is 1. The van der Waals surface area contributed by atoms with Crippen LogP contribution in [0.15, 0.2) is 49.1 Å². The van der Waals surface area contributed by atoms with Gasteiger partial charge in [-0.3, -0.25) is 0 Å². The number of carboxylic acid groups (broad SMARTS) is 2. The van der Waals surface area contributed by atoms with Crippen molar-refractivity contribution in [2.75, 3.05) is 0 Å². The molecule has 0 aliphatic heterocycles. The number of imidazole rings is 1. The number of nitrogens with zero attached hydrogens (tertiary/aromatic N) is 1. The fourth-order valence-corrected chi connectivity index (χ4v) is 1.05. The average molecular weight is 372 g/mol. The number of alkyl halides is 6. The molecular formula is C13H10F6N2O4. The molecule has 0 bridgehead atoms. The molecule has 0 unspecified atom stereocenters. The van der Waals surface area contributed by atoms with Gasteiger partial charge in [0.2, 0.25) is 6.33 Å². The van der Waals surface area contributed by atoms with Gasteiger partial charge in [0.15, 0.2) is 0 Å². The summed E-state index contributed by atoms with van der Waals surface area (Å²) in [6, 6.07) is 10.2. The van der Waals surface area contributed by atoms with Crippen molar-refractivity contribution >= 4 is 11.9 Å². The first kappa shape index (κ1) is 21.9. The van der Waals surface area contributed by atoms with Crippen molar-refractivity contribution in [2.24, 2.45) is 0 Å². The molecule has 6 nitrogen and oxygen atoms in total. The second-order valence-corrected chi connectivity index (χ2v) is 3.94. The molecule has 0 amide bonds. The number of aromatic amines is 1. The Labute approximate surface area is 136 Å². The van der Waals surface area contributed by atoms with E-state index < -0.39 is 24.3 Å². The number of hydrogen-bond donors (Lipinski definition) is 2. The first-order valence-electron chi connectivity index (χ1n) is 6.03. The van der Waals surface area contributed by atoms with Crippen LogP contribution in [0.4, 0.5) is 26.3 Å². The maximum Gasteiger partial charge on any atom is 0.490 e. The molecule has 0 saturated carbocycles. The zero-order chi connectivity index (χ0) is 19.7. The third kappa shape index (κ3) is 9.63. The number of nitrogens with one attached hydrogen (secondary N) is 1. The number of benzene rings is 1. The van der Waals surface area contributed by atoms with E-state index in [4.69, 9.17) is 19.8 Å². The molecule has 138 valence electrons. The summed E-state index contributed by atoms with van der Waals surface area (Å²) >= 11 is 0. The lowest BCUT2D eigenvalue weighted by Crippen LogP contribution is -2.37. The van der Waals surface area contributed by atoms with Crippen molar-refractivity contribution < 1.29 is 50.7 Å². The van der Waals surface area contributed by atoms with Gasteiger partial charge in [0.05, 0.1) is 0 Å². The maximum atomic E-state index is 10.6. The van der Waals surface area contributed by atoms with E-state index in [9.17, 15) is 26.3 Å². The summed E-state index contributed by atoms with van der Waals surface area (Å²) in [4.78, 5) is 20.7. The number of para-hydroxylation sites is 1. The van der Waals surface area contributed by atoms with Gasteiger partial charge < -0.3 is 15.0 Å². The molecule has 0 fully saturated rings. The zero-order valence-electron chi connectivity index (χ0n) is 12.0. The van der Waals surface area contributed by atoms with E-state index in [2.05, 4.69) is 17.1 Å². The van der Waals surface area contributed by atoms with Crippen LogP contribution >= 0.6 is 0 Å². The summed E-state index contributed by atoms with van der Waals surface area (Å²) in [6.45, 7) is 0. The minimum atomic E-state index is -5.19. The van der Waals surface area contributed by atoms with Gasteiger partial charge in [-0.25, -0.2) is 14.3 Å². The number of halogens is 6. The van der Waals surface area contributed by atoms with Gasteiger partial charge in [-0.1, -0.05) is 18.2 Å². The molecule has 0 aliphatic rings. The lowest BCUT2D eigenvalue weighted by atomic mass is 10.3. The highest BCUT2D eigenvalue weighted by atomic mass is 19.4. The summed E-state index contributed by atoms with van der Waals surface area (Å²) in [5.41, 5.74) is 1.17. The van der Waals surface area contributed by atoms with Gasteiger partial charge >= 0.3 is 18.3 Å². The predicted molar refractivity (Wildman–Crippen MR) is 67.1 cm³/mol. The highest BCUT2D eigenvalue weighted by Crippen LogP contribution is 2.13. The van der Waals surface area contributed by atoms with Crippen molar-refractivity contribution in [3.05, 3.63) is 49.1 Å². The van der Waals surface area contributed by atoms with Crippen LogP contribution in [0.25, 0.3) is 5.69 Å². The van der Waals surface area contributed by atoms with Gasteiger partial charge in [-0.15, -0.1) is 0 Å². The van der Waals surface area contributed by atoms with E-state index in [0.29, 0.717) is 0 Å². The molecule has 2 aromatic rings. The molecule has 0 radical (unpaired) electrons. The number of carboxylic acids is 2. The molecule has 0 atom stereocenters. The molecule has 12 heteroatoms. The normalized spacial score (nSPS) is 10.6. The number of hydrogen-bond acceptors (Lipinski definition) is 3. The van der Waals surface area contributed by atoms with Gasteiger partial charge in [0.25, 0.3) is 0 Å². The second-order valence-electron chi connectivity index (χ2n) is 3.94. The lowest BCUT2D eigenvalue weighted by Gasteiger charge is -2.03. The van der Waals surface area contributed by atoms with Crippen LogP contribution in [0, 0.1) is 0 Å². The van der Waals surface area contributed by atoms with Gasteiger partial charge in [-0.05, 0) is 12.1 Å². The van der Waals surface area contributed by atoms with E-state index in [0.717, 1.165) is 0 Å². The zero-order valence-corrected chi connectivity index (χ0v) is 12.0. The topological polar surface area (TPSA) is 97.1 Å².